The molecular formula is C25H21FN6O3. The molecule has 4 aromatic rings. The van der Waals surface area contributed by atoms with Gasteiger partial charge >= 0.3 is 5.69 Å². The molecule has 0 saturated carbocycles. The van der Waals surface area contributed by atoms with E-state index in [0.29, 0.717) is 47.9 Å². The van der Waals surface area contributed by atoms with Crippen LogP contribution in [-0.2, 0) is 4.79 Å². The van der Waals surface area contributed by atoms with Crippen molar-refractivity contribution in [1.82, 2.24) is 24.0 Å². The van der Waals surface area contributed by atoms with Crippen molar-refractivity contribution in [3.05, 3.63) is 71.2 Å². The molecule has 1 unspecified atom stereocenters. The molecule has 5 rings (SSSR count). The number of nitrogens with zero attached hydrogens (tertiary/aromatic N) is 5. The number of aromatic nitrogens is 4. The van der Waals surface area contributed by atoms with Gasteiger partial charge in [0, 0.05) is 19.2 Å². The van der Waals surface area contributed by atoms with Crippen molar-refractivity contribution < 1.29 is 13.9 Å². The molecule has 1 fully saturated rings. The molecule has 9 nitrogen and oxygen atoms in total. The highest BCUT2D eigenvalue weighted by Crippen LogP contribution is 2.28. The van der Waals surface area contributed by atoms with Crippen molar-refractivity contribution in [3.8, 4) is 29.0 Å². The van der Waals surface area contributed by atoms with Crippen molar-refractivity contribution in [1.29, 1.82) is 0 Å². The van der Waals surface area contributed by atoms with E-state index in [-0.39, 0.29) is 23.5 Å². The van der Waals surface area contributed by atoms with Crippen LogP contribution in [0.1, 0.15) is 19.4 Å². The largest absolute Gasteiger partial charge is 0.457 e. The standard InChI is InChI=1S/C25H21FN6O3/c1-2-4-21(33)30-12-11-18(14-30)32-24-22(23(27)28-15-29-24)31(25(32)34)17-7-9-19(10-8-17)35-20-6-3-5-16(26)13-20/h3,5-10,13,15,18H,11-12,14H2,1H3,(H2,27,28,29). The van der Waals surface area contributed by atoms with Crippen molar-refractivity contribution in [2.75, 3.05) is 18.8 Å². The van der Waals surface area contributed by atoms with Crippen molar-refractivity contribution in [2.24, 2.45) is 0 Å². The number of carbonyl (C=O) groups is 1. The van der Waals surface area contributed by atoms with Crippen LogP contribution in [0.15, 0.2) is 59.7 Å². The van der Waals surface area contributed by atoms with E-state index in [1.165, 1.54) is 23.0 Å². The van der Waals surface area contributed by atoms with Gasteiger partial charge in [-0.15, -0.1) is 0 Å². The van der Waals surface area contributed by atoms with Gasteiger partial charge in [0.2, 0.25) is 0 Å². The van der Waals surface area contributed by atoms with Gasteiger partial charge in [-0.05, 0) is 55.7 Å². The van der Waals surface area contributed by atoms with Crippen LogP contribution in [0, 0.1) is 17.7 Å². The molecule has 0 spiro atoms. The summed E-state index contributed by atoms with van der Waals surface area (Å²) in [6.07, 6.45) is 1.90. The summed E-state index contributed by atoms with van der Waals surface area (Å²) < 4.78 is 22.2. The molecule has 2 N–H and O–H groups in total. The highest BCUT2D eigenvalue weighted by molar-refractivity contribution is 5.93. The van der Waals surface area contributed by atoms with E-state index in [4.69, 9.17) is 10.5 Å². The zero-order chi connectivity index (χ0) is 24.5. The maximum absolute atomic E-state index is 13.6. The second-order valence-electron chi connectivity index (χ2n) is 8.04. The van der Waals surface area contributed by atoms with Crippen LogP contribution in [0.4, 0.5) is 10.2 Å². The lowest BCUT2D eigenvalue weighted by molar-refractivity contribution is -0.124. The maximum atomic E-state index is 13.6. The third kappa shape index (κ3) is 4.08. The fraction of sp³-hybridized carbons (Fsp3) is 0.200. The number of nitrogen functional groups attached to an aromatic ring is 1. The Morgan fingerprint density at radius 1 is 1.17 bits per heavy atom. The summed E-state index contributed by atoms with van der Waals surface area (Å²) in [7, 11) is 0. The Balaban J connectivity index is 1.53. The summed E-state index contributed by atoms with van der Waals surface area (Å²) in [5, 5.41) is 0. The summed E-state index contributed by atoms with van der Waals surface area (Å²) in [4.78, 5) is 35.9. The van der Waals surface area contributed by atoms with E-state index >= 15 is 0 Å². The highest BCUT2D eigenvalue weighted by atomic mass is 19.1. The van der Waals surface area contributed by atoms with Crippen LogP contribution in [0.5, 0.6) is 11.5 Å². The van der Waals surface area contributed by atoms with Crippen molar-refractivity contribution >= 4 is 22.9 Å². The number of ether oxygens (including phenoxy) is 1. The normalized spacial score (nSPS) is 15.1. The Morgan fingerprint density at radius 3 is 2.71 bits per heavy atom. The number of rotatable bonds is 4. The van der Waals surface area contributed by atoms with Gasteiger partial charge in [0.05, 0.1) is 11.7 Å². The molecule has 1 aliphatic heterocycles. The molecule has 1 atom stereocenters. The molecule has 0 aliphatic carbocycles. The average molecular weight is 472 g/mol. The van der Waals surface area contributed by atoms with Gasteiger partial charge in [-0.1, -0.05) is 12.0 Å². The van der Waals surface area contributed by atoms with Crippen LogP contribution in [0.3, 0.4) is 0 Å². The van der Waals surface area contributed by atoms with Gasteiger partial charge in [-0.25, -0.2) is 19.2 Å². The zero-order valence-electron chi connectivity index (χ0n) is 18.8. The fourth-order valence-corrected chi connectivity index (χ4v) is 4.29. The van der Waals surface area contributed by atoms with E-state index in [0.717, 1.165) is 0 Å². The van der Waals surface area contributed by atoms with Crippen LogP contribution < -0.4 is 16.2 Å². The van der Waals surface area contributed by atoms with E-state index < -0.39 is 5.82 Å². The minimum Gasteiger partial charge on any atom is -0.457 e. The van der Waals surface area contributed by atoms with Gasteiger partial charge in [-0.2, -0.15) is 0 Å². The molecule has 0 bridgehead atoms. The smallest absolute Gasteiger partial charge is 0.335 e. The molecule has 0 radical (unpaired) electrons. The molecule has 3 heterocycles. The second kappa shape index (κ2) is 8.95. The summed E-state index contributed by atoms with van der Waals surface area (Å²) in [6, 6.07) is 12.3. The maximum Gasteiger partial charge on any atom is 0.335 e. The summed E-state index contributed by atoms with van der Waals surface area (Å²) in [5.41, 5.74) is 7.14. The Hall–Kier alpha value is -4.65. The fourth-order valence-electron chi connectivity index (χ4n) is 4.29. The Bertz CT molecular complexity index is 1550. The highest BCUT2D eigenvalue weighted by Gasteiger charge is 2.31. The molecule has 1 amide bonds. The first-order chi connectivity index (χ1) is 17.0. The predicted octanol–water partition coefficient (Wildman–Crippen LogP) is 2.89. The summed E-state index contributed by atoms with van der Waals surface area (Å²) >= 11 is 0. The van der Waals surface area contributed by atoms with E-state index in [9.17, 15) is 14.0 Å². The van der Waals surface area contributed by atoms with Crippen molar-refractivity contribution in [2.45, 2.75) is 19.4 Å². The number of hydrogen-bond acceptors (Lipinski definition) is 6. The predicted molar refractivity (Wildman–Crippen MR) is 128 cm³/mol. The molecule has 1 aliphatic rings. The number of benzene rings is 2. The van der Waals surface area contributed by atoms with Gasteiger partial charge in [0.15, 0.2) is 11.5 Å². The Morgan fingerprint density at radius 2 is 1.97 bits per heavy atom. The number of hydrogen-bond donors (Lipinski definition) is 1. The zero-order valence-corrected chi connectivity index (χ0v) is 18.8. The number of fused-ring (bicyclic) bond motifs is 1. The Kier molecular flexibility index (Phi) is 5.66. The molecule has 176 valence electrons. The summed E-state index contributed by atoms with van der Waals surface area (Å²) in [6.45, 7) is 2.44. The quantitative estimate of drug-likeness (QED) is 0.458. The molecule has 1 saturated heterocycles. The second-order valence-corrected chi connectivity index (χ2v) is 8.04. The summed E-state index contributed by atoms with van der Waals surface area (Å²) in [5.74, 6) is 5.48. The van der Waals surface area contributed by atoms with Crippen LogP contribution in [-0.4, -0.2) is 43.0 Å². The first-order valence-corrected chi connectivity index (χ1v) is 10.9. The third-order valence-corrected chi connectivity index (χ3v) is 5.85. The molecule has 10 heteroatoms. The minimum atomic E-state index is -0.400. The van der Waals surface area contributed by atoms with Crippen LogP contribution in [0.2, 0.25) is 0 Å². The first-order valence-electron chi connectivity index (χ1n) is 10.9. The number of likely N-dealkylation sites (tertiary alicyclic amines) is 1. The third-order valence-electron chi connectivity index (χ3n) is 5.85. The lowest BCUT2D eigenvalue weighted by atomic mass is 10.2. The van der Waals surface area contributed by atoms with Crippen LogP contribution in [0.25, 0.3) is 16.9 Å². The van der Waals surface area contributed by atoms with E-state index in [1.54, 1.807) is 52.8 Å². The molecule has 35 heavy (non-hydrogen) atoms. The Labute approximate surface area is 199 Å². The average Bonchev–Trinajstić information content (AvgIpc) is 3.43. The monoisotopic (exact) mass is 472 g/mol. The van der Waals surface area contributed by atoms with E-state index in [2.05, 4.69) is 21.8 Å². The number of amides is 1. The number of nitrogens with two attached hydrogens (primary N) is 1. The van der Waals surface area contributed by atoms with E-state index in [1.807, 2.05) is 0 Å². The molecule has 2 aromatic heterocycles. The lowest BCUT2D eigenvalue weighted by Crippen LogP contribution is -2.31. The van der Waals surface area contributed by atoms with Gasteiger partial charge in [0.1, 0.15) is 29.2 Å². The number of imidazole rings is 1. The van der Waals surface area contributed by atoms with Gasteiger partial charge in [-0.3, -0.25) is 13.9 Å². The first kappa shape index (κ1) is 22.2. The van der Waals surface area contributed by atoms with Crippen LogP contribution >= 0.6 is 0 Å². The minimum absolute atomic E-state index is 0.161. The van der Waals surface area contributed by atoms with Crippen molar-refractivity contribution in [3.63, 3.8) is 0 Å². The molecule has 2 aromatic carbocycles. The van der Waals surface area contributed by atoms with Gasteiger partial charge < -0.3 is 15.4 Å². The molecular weight excluding hydrogens is 451 g/mol. The lowest BCUT2D eigenvalue weighted by Gasteiger charge is -2.14. The van der Waals surface area contributed by atoms with Gasteiger partial charge in [0.25, 0.3) is 5.91 Å². The number of carbonyl (C=O) groups excluding carboxylic acids is 1. The topological polar surface area (TPSA) is 108 Å². The SMILES string of the molecule is CC#CC(=O)N1CCC(n2c(=O)n(-c3ccc(Oc4cccc(F)c4)cc3)c3c(N)ncnc32)C1. The number of halogens is 1. The number of anilines is 1.